The third kappa shape index (κ3) is 3.26. The van der Waals surface area contributed by atoms with E-state index >= 15 is 0 Å². The van der Waals surface area contributed by atoms with Crippen LogP contribution in [-0.4, -0.2) is 12.5 Å². The van der Waals surface area contributed by atoms with E-state index in [0.29, 0.717) is 17.3 Å². The zero-order valence-corrected chi connectivity index (χ0v) is 12.1. The number of benzene rings is 2. The van der Waals surface area contributed by atoms with Crippen LogP contribution in [0, 0.1) is 0 Å². The average Bonchev–Trinajstić information content (AvgIpc) is 2.91. The third-order valence-corrected chi connectivity index (χ3v) is 3.47. The van der Waals surface area contributed by atoms with Gasteiger partial charge in [0.1, 0.15) is 5.58 Å². The Hall–Kier alpha value is -2.26. The largest absolute Gasteiger partial charge is 0.451 e. The summed E-state index contributed by atoms with van der Waals surface area (Å²) in [6, 6.07) is 16.9. The first-order valence-corrected chi connectivity index (χ1v) is 7.11. The van der Waals surface area contributed by atoms with Crippen LogP contribution in [-0.2, 0) is 6.42 Å². The number of nitrogens with one attached hydrogen (secondary N) is 1. The Bertz CT molecular complexity index is 746. The number of carbonyl (C=O) groups is 1. The number of halogens is 1. The molecule has 0 spiro atoms. The quantitative estimate of drug-likeness (QED) is 0.789. The number of rotatable bonds is 4. The van der Waals surface area contributed by atoms with E-state index < -0.39 is 0 Å². The molecule has 0 fully saturated rings. The van der Waals surface area contributed by atoms with E-state index in [1.165, 1.54) is 0 Å². The van der Waals surface area contributed by atoms with Crippen LogP contribution < -0.4 is 5.32 Å². The fraction of sp³-hybridized carbons (Fsp3) is 0.118. The van der Waals surface area contributed by atoms with Crippen molar-refractivity contribution < 1.29 is 9.21 Å². The van der Waals surface area contributed by atoms with Crippen LogP contribution in [0.4, 0.5) is 0 Å². The first-order valence-electron chi connectivity index (χ1n) is 6.73. The Morgan fingerprint density at radius 3 is 2.76 bits per heavy atom. The van der Waals surface area contributed by atoms with E-state index in [-0.39, 0.29) is 5.91 Å². The summed E-state index contributed by atoms with van der Waals surface area (Å²) in [5, 5.41) is 4.49. The summed E-state index contributed by atoms with van der Waals surface area (Å²) in [7, 11) is 0. The number of hydrogen-bond acceptors (Lipinski definition) is 2. The standard InChI is InChI=1S/C17H14ClNO2/c18-14-6-3-4-12(10-14)8-9-19-17(20)16-11-13-5-1-2-7-15(13)21-16/h1-7,10-11H,8-9H2,(H,19,20). The Labute approximate surface area is 127 Å². The molecule has 1 N–H and O–H groups in total. The van der Waals surface area contributed by atoms with Gasteiger partial charge in [0.15, 0.2) is 5.76 Å². The highest BCUT2D eigenvalue weighted by Gasteiger charge is 2.11. The molecule has 0 aliphatic rings. The van der Waals surface area contributed by atoms with Gasteiger partial charge in [0.2, 0.25) is 0 Å². The van der Waals surface area contributed by atoms with E-state index in [9.17, 15) is 4.79 Å². The minimum Gasteiger partial charge on any atom is -0.451 e. The fourth-order valence-electron chi connectivity index (χ4n) is 2.19. The van der Waals surface area contributed by atoms with Crippen molar-refractivity contribution in [1.82, 2.24) is 5.32 Å². The highest BCUT2D eigenvalue weighted by atomic mass is 35.5. The molecule has 106 valence electrons. The summed E-state index contributed by atoms with van der Waals surface area (Å²) in [5.41, 5.74) is 1.81. The SMILES string of the molecule is O=C(NCCc1cccc(Cl)c1)c1cc2ccccc2o1. The van der Waals surface area contributed by atoms with Gasteiger partial charge >= 0.3 is 0 Å². The van der Waals surface area contributed by atoms with Crippen molar-refractivity contribution in [2.45, 2.75) is 6.42 Å². The molecule has 3 aromatic rings. The van der Waals surface area contributed by atoms with Crippen molar-refractivity contribution in [2.75, 3.05) is 6.54 Å². The van der Waals surface area contributed by atoms with Gasteiger partial charge in [-0.15, -0.1) is 0 Å². The van der Waals surface area contributed by atoms with Crippen LogP contribution in [0.1, 0.15) is 16.1 Å². The molecule has 21 heavy (non-hydrogen) atoms. The molecule has 2 aromatic carbocycles. The molecular weight excluding hydrogens is 286 g/mol. The minimum atomic E-state index is -0.201. The van der Waals surface area contributed by atoms with Crippen LogP contribution in [0.3, 0.4) is 0 Å². The summed E-state index contributed by atoms with van der Waals surface area (Å²) in [5.74, 6) is 0.135. The number of carbonyl (C=O) groups excluding carboxylic acids is 1. The summed E-state index contributed by atoms with van der Waals surface area (Å²) in [4.78, 5) is 12.0. The first kappa shape index (κ1) is 13.7. The van der Waals surface area contributed by atoms with Crippen LogP contribution in [0.2, 0.25) is 5.02 Å². The lowest BCUT2D eigenvalue weighted by atomic mass is 10.1. The Morgan fingerprint density at radius 2 is 1.95 bits per heavy atom. The maximum atomic E-state index is 12.0. The van der Waals surface area contributed by atoms with E-state index in [0.717, 1.165) is 23.0 Å². The molecule has 0 radical (unpaired) electrons. The van der Waals surface area contributed by atoms with Gasteiger partial charge in [-0.05, 0) is 36.2 Å². The fourth-order valence-corrected chi connectivity index (χ4v) is 2.41. The molecule has 4 heteroatoms. The monoisotopic (exact) mass is 299 g/mol. The van der Waals surface area contributed by atoms with Crippen molar-refractivity contribution in [3.63, 3.8) is 0 Å². The highest BCUT2D eigenvalue weighted by Crippen LogP contribution is 2.18. The van der Waals surface area contributed by atoms with Crippen molar-refractivity contribution in [2.24, 2.45) is 0 Å². The number of para-hydroxylation sites is 1. The zero-order chi connectivity index (χ0) is 14.7. The van der Waals surface area contributed by atoms with E-state index in [2.05, 4.69) is 5.32 Å². The molecule has 0 atom stereocenters. The van der Waals surface area contributed by atoms with E-state index in [1.807, 2.05) is 48.5 Å². The molecule has 0 bridgehead atoms. The number of amides is 1. The highest BCUT2D eigenvalue weighted by molar-refractivity contribution is 6.30. The second-order valence-electron chi connectivity index (χ2n) is 4.78. The number of fused-ring (bicyclic) bond motifs is 1. The van der Waals surface area contributed by atoms with Gasteiger partial charge in [-0.1, -0.05) is 41.9 Å². The molecule has 1 heterocycles. The second kappa shape index (κ2) is 6.02. The topological polar surface area (TPSA) is 42.2 Å². The van der Waals surface area contributed by atoms with Crippen LogP contribution in [0.5, 0.6) is 0 Å². The predicted molar refractivity (Wildman–Crippen MR) is 83.7 cm³/mol. The summed E-state index contributed by atoms with van der Waals surface area (Å²) < 4.78 is 5.52. The van der Waals surface area contributed by atoms with Gasteiger partial charge in [0.05, 0.1) is 0 Å². The summed E-state index contributed by atoms with van der Waals surface area (Å²) >= 11 is 5.93. The maximum absolute atomic E-state index is 12.0. The average molecular weight is 300 g/mol. The van der Waals surface area contributed by atoms with Gasteiger partial charge in [-0.2, -0.15) is 0 Å². The van der Waals surface area contributed by atoms with Gasteiger partial charge in [-0.25, -0.2) is 0 Å². The van der Waals surface area contributed by atoms with Gasteiger partial charge < -0.3 is 9.73 Å². The molecule has 0 aliphatic heterocycles. The molecule has 0 saturated carbocycles. The molecule has 0 saturated heterocycles. The van der Waals surface area contributed by atoms with E-state index in [4.69, 9.17) is 16.0 Å². The second-order valence-corrected chi connectivity index (χ2v) is 5.22. The molecular formula is C17H14ClNO2. The van der Waals surface area contributed by atoms with Crippen LogP contribution in [0.25, 0.3) is 11.0 Å². The lowest BCUT2D eigenvalue weighted by Gasteiger charge is -2.03. The van der Waals surface area contributed by atoms with Gasteiger partial charge in [0, 0.05) is 17.0 Å². The van der Waals surface area contributed by atoms with E-state index in [1.54, 1.807) is 6.07 Å². The summed E-state index contributed by atoms with van der Waals surface area (Å²) in [6.45, 7) is 0.538. The third-order valence-electron chi connectivity index (χ3n) is 3.24. The molecule has 0 aliphatic carbocycles. The van der Waals surface area contributed by atoms with Gasteiger partial charge in [0.25, 0.3) is 5.91 Å². The van der Waals surface area contributed by atoms with Crippen molar-refractivity contribution in [1.29, 1.82) is 0 Å². The van der Waals surface area contributed by atoms with Crippen molar-refractivity contribution >= 4 is 28.5 Å². The Morgan fingerprint density at radius 1 is 1.10 bits per heavy atom. The molecule has 3 rings (SSSR count). The lowest BCUT2D eigenvalue weighted by molar-refractivity contribution is 0.0928. The molecule has 3 nitrogen and oxygen atoms in total. The van der Waals surface area contributed by atoms with Crippen molar-refractivity contribution in [3.05, 3.63) is 70.9 Å². The Balaban J connectivity index is 1.61. The number of hydrogen-bond donors (Lipinski definition) is 1. The number of furan rings is 1. The van der Waals surface area contributed by atoms with Crippen molar-refractivity contribution in [3.8, 4) is 0 Å². The normalized spacial score (nSPS) is 10.7. The molecule has 0 unspecified atom stereocenters. The first-order chi connectivity index (χ1) is 10.2. The van der Waals surface area contributed by atoms with Crippen LogP contribution in [0.15, 0.2) is 59.0 Å². The van der Waals surface area contributed by atoms with Crippen LogP contribution >= 0.6 is 11.6 Å². The maximum Gasteiger partial charge on any atom is 0.287 e. The Kier molecular flexibility index (Phi) is 3.93. The molecule has 1 amide bonds. The minimum absolute atomic E-state index is 0.201. The summed E-state index contributed by atoms with van der Waals surface area (Å²) in [6.07, 6.45) is 0.729. The zero-order valence-electron chi connectivity index (χ0n) is 11.3. The predicted octanol–water partition coefficient (Wildman–Crippen LogP) is 4.06. The lowest BCUT2D eigenvalue weighted by Crippen LogP contribution is -2.25. The molecule has 1 aromatic heterocycles. The smallest absolute Gasteiger partial charge is 0.287 e. The van der Waals surface area contributed by atoms with Gasteiger partial charge in [-0.3, -0.25) is 4.79 Å².